The van der Waals surface area contributed by atoms with Crippen LogP contribution < -0.4 is 0 Å². The SMILES string of the molecule is O=C(c1cc(C2CC2)[nH]n1)N1CCC(n2cc(COCC3CC3)nn2)C1. The number of likely N-dealkylation sites (tertiary alicyclic amines) is 1. The molecule has 2 saturated carbocycles. The van der Waals surface area contributed by atoms with Crippen LogP contribution in [0.4, 0.5) is 0 Å². The number of ether oxygens (including phenoxy) is 1. The molecule has 2 aromatic rings. The summed E-state index contributed by atoms with van der Waals surface area (Å²) in [6.07, 6.45) is 7.80. The van der Waals surface area contributed by atoms with Gasteiger partial charge >= 0.3 is 0 Å². The fourth-order valence-electron chi connectivity index (χ4n) is 3.53. The lowest BCUT2D eigenvalue weighted by Gasteiger charge is -2.14. The smallest absolute Gasteiger partial charge is 0.274 e. The number of aromatic nitrogens is 5. The van der Waals surface area contributed by atoms with Gasteiger partial charge in [-0.2, -0.15) is 5.10 Å². The van der Waals surface area contributed by atoms with E-state index in [0.717, 1.165) is 36.9 Å². The molecule has 1 aliphatic heterocycles. The maximum absolute atomic E-state index is 12.7. The van der Waals surface area contributed by atoms with Gasteiger partial charge in [-0.05, 0) is 44.1 Å². The Morgan fingerprint density at radius 3 is 2.96 bits per heavy atom. The van der Waals surface area contributed by atoms with E-state index < -0.39 is 0 Å². The van der Waals surface area contributed by atoms with Gasteiger partial charge in [-0.25, -0.2) is 4.68 Å². The van der Waals surface area contributed by atoms with Crippen molar-refractivity contribution >= 4 is 5.91 Å². The van der Waals surface area contributed by atoms with Crippen LogP contribution in [0.3, 0.4) is 0 Å². The number of H-pyrrole nitrogens is 1. The van der Waals surface area contributed by atoms with Crippen LogP contribution in [-0.4, -0.2) is 55.7 Å². The van der Waals surface area contributed by atoms with E-state index in [9.17, 15) is 4.79 Å². The summed E-state index contributed by atoms with van der Waals surface area (Å²) >= 11 is 0. The first-order valence-electron chi connectivity index (χ1n) is 9.59. The van der Waals surface area contributed by atoms with Crippen molar-refractivity contribution < 1.29 is 9.53 Å². The number of hydrogen-bond acceptors (Lipinski definition) is 5. The van der Waals surface area contributed by atoms with E-state index in [1.165, 1.54) is 25.7 Å². The highest BCUT2D eigenvalue weighted by Crippen LogP contribution is 2.39. The predicted molar refractivity (Wildman–Crippen MR) is 92.5 cm³/mol. The van der Waals surface area contributed by atoms with Crippen molar-refractivity contribution in [2.24, 2.45) is 5.92 Å². The van der Waals surface area contributed by atoms with Gasteiger partial charge < -0.3 is 9.64 Å². The normalized spacial score (nSPS) is 22.9. The largest absolute Gasteiger partial charge is 0.375 e. The van der Waals surface area contributed by atoms with Crippen LogP contribution in [-0.2, 0) is 11.3 Å². The van der Waals surface area contributed by atoms with Gasteiger partial charge in [-0.1, -0.05) is 5.21 Å². The summed E-state index contributed by atoms with van der Waals surface area (Å²) in [7, 11) is 0. The molecule has 1 amide bonds. The fourth-order valence-corrected chi connectivity index (χ4v) is 3.53. The second kappa shape index (κ2) is 6.50. The Morgan fingerprint density at radius 1 is 1.27 bits per heavy atom. The number of carbonyl (C=O) groups excluding carboxylic acids is 1. The van der Waals surface area contributed by atoms with Crippen LogP contribution in [0.1, 0.15) is 65.9 Å². The Balaban J connectivity index is 1.17. The van der Waals surface area contributed by atoms with Gasteiger partial charge in [0.05, 0.1) is 18.8 Å². The van der Waals surface area contributed by atoms with E-state index in [1.54, 1.807) is 0 Å². The molecular weight excluding hydrogens is 332 g/mol. The van der Waals surface area contributed by atoms with E-state index in [1.807, 2.05) is 21.8 Å². The first-order valence-corrected chi connectivity index (χ1v) is 9.59. The molecule has 0 spiro atoms. The van der Waals surface area contributed by atoms with Crippen LogP contribution in [0.15, 0.2) is 12.3 Å². The first-order chi connectivity index (χ1) is 12.8. The summed E-state index contributed by atoms with van der Waals surface area (Å²) in [4.78, 5) is 14.5. The van der Waals surface area contributed by atoms with Gasteiger partial charge in [0.2, 0.25) is 0 Å². The molecule has 1 unspecified atom stereocenters. The van der Waals surface area contributed by atoms with Crippen molar-refractivity contribution in [3.05, 3.63) is 29.3 Å². The lowest BCUT2D eigenvalue weighted by atomic mass is 10.2. The topological polar surface area (TPSA) is 88.9 Å². The summed E-state index contributed by atoms with van der Waals surface area (Å²) in [5.41, 5.74) is 2.48. The van der Waals surface area contributed by atoms with Crippen molar-refractivity contribution in [3.8, 4) is 0 Å². The van der Waals surface area contributed by atoms with Crippen molar-refractivity contribution in [1.82, 2.24) is 30.1 Å². The molecule has 0 bridgehead atoms. The molecule has 0 radical (unpaired) electrons. The number of carbonyl (C=O) groups is 1. The quantitative estimate of drug-likeness (QED) is 0.818. The Hall–Kier alpha value is -2.22. The number of hydrogen-bond donors (Lipinski definition) is 1. The van der Waals surface area contributed by atoms with Crippen LogP contribution in [0.25, 0.3) is 0 Å². The zero-order valence-corrected chi connectivity index (χ0v) is 14.8. The third-order valence-electron chi connectivity index (χ3n) is 5.52. The second-order valence-electron chi connectivity index (χ2n) is 7.82. The number of nitrogens with zero attached hydrogens (tertiary/aromatic N) is 5. The second-order valence-corrected chi connectivity index (χ2v) is 7.82. The first kappa shape index (κ1) is 16.0. The van der Waals surface area contributed by atoms with Crippen molar-refractivity contribution in [2.75, 3.05) is 19.7 Å². The molecule has 2 aromatic heterocycles. The van der Waals surface area contributed by atoms with Gasteiger partial charge in [0.1, 0.15) is 11.4 Å². The zero-order valence-electron chi connectivity index (χ0n) is 14.8. The minimum atomic E-state index is 0.00348. The third kappa shape index (κ3) is 3.38. The zero-order chi connectivity index (χ0) is 17.5. The monoisotopic (exact) mass is 356 g/mol. The molecule has 138 valence electrons. The fraction of sp³-hybridized carbons (Fsp3) is 0.667. The molecule has 0 aromatic carbocycles. The molecule has 3 aliphatic rings. The Kier molecular flexibility index (Phi) is 4.00. The highest BCUT2D eigenvalue weighted by atomic mass is 16.5. The number of aromatic amines is 1. The molecule has 1 N–H and O–H groups in total. The minimum absolute atomic E-state index is 0.00348. The average Bonchev–Trinajstić information content (AvgIpc) is 3.49. The number of amides is 1. The van der Waals surface area contributed by atoms with Crippen molar-refractivity contribution in [2.45, 2.75) is 50.7 Å². The van der Waals surface area contributed by atoms with Crippen molar-refractivity contribution in [3.63, 3.8) is 0 Å². The molecule has 5 rings (SSSR count). The summed E-state index contributed by atoms with van der Waals surface area (Å²) < 4.78 is 7.55. The molecular formula is C18H24N6O2. The standard InChI is InChI=1S/C18H24N6O2/c25-18(17-7-16(20-21-17)13-3-4-13)23-6-5-15(9-23)24-8-14(19-22-24)11-26-10-12-1-2-12/h7-8,12-13,15H,1-6,9-11H2,(H,20,21). The lowest BCUT2D eigenvalue weighted by molar-refractivity contribution is 0.0781. The maximum Gasteiger partial charge on any atom is 0.274 e. The summed E-state index contributed by atoms with van der Waals surface area (Å²) in [6.45, 7) is 2.72. The van der Waals surface area contributed by atoms with E-state index in [-0.39, 0.29) is 11.9 Å². The predicted octanol–water partition coefficient (Wildman–Crippen LogP) is 1.89. The van der Waals surface area contributed by atoms with E-state index in [2.05, 4.69) is 20.5 Å². The van der Waals surface area contributed by atoms with E-state index in [0.29, 0.717) is 24.8 Å². The van der Waals surface area contributed by atoms with E-state index in [4.69, 9.17) is 4.74 Å². The van der Waals surface area contributed by atoms with Gasteiger partial charge in [0.25, 0.3) is 5.91 Å². The summed E-state index contributed by atoms with van der Waals surface area (Å²) in [5, 5.41) is 15.7. The molecule has 8 nitrogen and oxygen atoms in total. The third-order valence-corrected chi connectivity index (χ3v) is 5.52. The molecule has 1 atom stereocenters. The van der Waals surface area contributed by atoms with Gasteiger partial charge in [0, 0.05) is 31.3 Å². The van der Waals surface area contributed by atoms with Gasteiger partial charge in [-0.15, -0.1) is 5.10 Å². The molecule has 3 heterocycles. The van der Waals surface area contributed by atoms with Crippen molar-refractivity contribution in [1.29, 1.82) is 0 Å². The highest BCUT2D eigenvalue weighted by molar-refractivity contribution is 5.92. The summed E-state index contributed by atoms with van der Waals surface area (Å²) in [6, 6.07) is 2.09. The van der Waals surface area contributed by atoms with Crippen LogP contribution in [0.5, 0.6) is 0 Å². The minimum Gasteiger partial charge on any atom is -0.375 e. The summed E-state index contributed by atoms with van der Waals surface area (Å²) in [5.74, 6) is 1.33. The van der Waals surface area contributed by atoms with Gasteiger partial charge in [-0.3, -0.25) is 9.89 Å². The Labute approximate surface area is 151 Å². The lowest BCUT2D eigenvalue weighted by Crippen LogP contribution is -2.29. The maximum atomic E-state index is 12.7. The number of rotatable bonds is 7. The average molecular weight is 356 g/mol. The highest BCUT2D eigenvalue weighted by Gasteiger charge is 2.32. The van der Waals surface area contributed by atoms with E-state index >= 15 is 0 Å². The molecule has 26 heavy (non-hydrogen) atoms. The Bertz CT molecular complexity index is 791. The van der Waals surface area contributed by atoms with Crippen LogP contribution in [0.2, 0.25) is 0 Å². The van der Waals surface area contributed by atoms with Crippen LogP contribution >= 0.6 is 0 Å². The number of nitrogens with one attached hydrogen (secondary N) is 1. The molecule has 8 heteroatoms. The molecule has 3 fully saturated rings. The molecule has 1 saturated heterocycles. The van der Waals surface area contributed by atoms with Gasteiger partial charge in [0.15, 0.2) is 0 Å². The van der Waals surface area contributed by atoms with Crippen LogP contribution in [0, 0.1) is 5.92 Å². The molecule has 2 aliphatic carbocycles. The Morgan fingerprint density at radius 2 is 2.15 bits per heavy atom.